The molecule has 0 aliphatic carbocycles. The van der Waals surface area contributed by atoms with E-state index in [2.05, 4.69) is 54.2 Å². The molecule has 2 amide bonds. The van der Waals surface area contributed by atoms with Crippen LogP contribution in [-0.4, -0.2) is 66.8 Å². The van der Waals surface area contributed by atoms with Crippen molar-refractivity contribution in [2.24, 2.45) is 0 Å². The third kappa shape index (κ3) is 4.39. The summed E-state index contributed by atoms with van der Waals surface area (Å²) < 4.78 is 0. The average Bonchev–Trinajstić information content (AvgIpc) is 3.12. The van der Waals surface area contributed by atoms with Crippen molar-refractivity contribution < 1.29 is 9.90 Å². The summed E-state index contributed by atoms with van der Waals surface area (Å²) in [7, 11) is 0. The molecule has 1 aromatic carbocycles. The summed E-state index contributed by atoms with van der Waals surface area (Å²) in [6, 6.07) is 9.18. The fourth-order valence-electron chi connectivity index (χ4n) is 4.71. The van der Waals surface area contributed by atoms with Gasteiger partial charge in [0.15, 0.2) is 5.65 Å². The lowest BCUT2D eigenvalue weighted by Crippen LogP contribution is -2.69. The predicted octanol–water partition coefficient (Wildman–Crippen LogP) is 4.04. The lowest BCUT2D eigenvalue weighted by atomic mass is 9.88. The van der Waals surface area contributed by atoms with Crippen LogP contribution in [0.1, 0.15) is 45.9 Å². The van der Waals surface area contributed by atoms with Crippen molar-refractivity contribution >= 4 is 17.1 Å². The Labute approximate surface area is 195 Å². The summed E-state index contributed by atoms with van der Waals surface area (Å²) in [5.41, 5.74) is 4.04. The molecular weight excluding hydrogens is 416 g/mol. The number of pyridine rings is 1. The van der Waals surface area contributed by atoms with Gasteiger partial charge in [-0.15, -0.1) is 0 Å². The number of piperazine rings is 1. The molecule has 1 saturated heterocycles. The van der Waals surface area contributed by atoms with Crippen molar-refractivity contribution in [1.82, 2.24) is 30.3 Å². The molecule has 1 aliphatic heterocycles. The minimum Gasteiger partial charge on any atom is -0.508 e. The average molecular weight is 451 g/mol. The Morgan fingerprint density at radius 1 is 1.15 bits per heavy atom. The van der Waals surface area contributed by atoms with Gasteiger partial charge in [0.05, 0.1) is 11.2 Å². The van der Waals surface area contributed by atoms with Crippen molar-refractivity contribution in [2.45, 2.75) is 59.2 Å². The Bertz CT molecular complexity index is 1170. The number of phenolic OH excluding ortho intramolecular Hbond substituents is 1. The number of hydrogen-bond acceptors (Lipinski definition) is 5. The highest BCUT2D eigenvalue weighted by Gasteiger charge is 2.45. The second-order valence-corrected chi connectivity index (χ2v) is 10.2. The number of carbonyl (C=O) groups excluding carboxylic acids is 1. The zero-order chi connectivity index (χ0) is 24.0. The van der Waals surface area contributed by atoms with Crippen LogP contribution in [0, 0.1) is 6.92 Å². The second kappa shape index (κ2) is 8.33. The fourth-order valence-corrected chi connectivity index (χ4v) is 4.71. The molecule has 8 heteroatoms. The van der Waals surface area contributed by atoms with Gasteiger partial charge in [0.1, 0.15) is 5.75 Å². The van der Waals surface area contributed by atoms with E-state index in [-0.39, 0.29) is 22.9 Å². The number of hydrogen-bond donors (Lipinski definition) is 3. The third-order valence-corrected chi connectivity index (χ3v) is 6.59. The lowest BCUT2D eigenvalue weighted by Gasteiger charge is -2.55. The highest BCUT2D eigenvalue weighted by Crippen LogP contribution is 2.34. The Morgan fingerprint density at radius 3 is 2.52 bits per heavy atom. The predicted molar refractivity (Wildman–Crippen MR) is 130 cm³/mol. The molecule has 3 N–H and O–H groups in total. The molecule has 4 rings (SSSR count). The number of amides is 2. The van der Waals surface area contributed by atoms with E-state index in [0.717, 1.165) is 34.4 Å². The number of aromatic nitrogens is 3. The van der Waals surface area contributed by atoms with E-state index in [4.69, 9.17) is 4.98 Å². The van der Waals surface area contributed by atoms with E-state index < -0.39 is 0 Å². The van der Waals surface area contributed by atoms with Crippen molar-refractivity contribution in [3.05, 3.63) is 41.6 Å². The number of rotatable bonds is 4. The Hall–Kier alpha value is -3.13. The van der Waals surface area contributed by atoms with E-state index in [1.807, 2.05) is 30.9 Å². The first-order valence-electron chi connectivity index (χ1n) is 11.5. The smallest absolute Gasteiger partial charge is 0.317 e. The van der Waals surface area contributed by atoms with Crippen molar-refractivity contribution in [3.8, 4) is 17.0 Å². The standard InChI is InChI=1S/C25H34N6O2/c1-7-26-23(33)31-15-24(3,4)30(14-25(31,5)6)13-18-12-20(17-8-10-19(32)11-9-17)27-22-21(18)16(2)28-29-22/h8-12,32H,7,13-15H2,1-6H3,(H,26,33)(H,27,28,29). The number of aromatic hydroxyl groups is 1. The maximum Gasteiger partial charge on any atom is 0.317 e. The van der Waals surface area contributed by atoms with E-state index in [1.54, 1.807) is 12.1 Å². The van der Waals surface area contributed by atoms with Gasteiger partial charge in [0.25, 0.3) is 0 Å². The molecular formula is C25H34N6O2. The zero-order valence-corrected chi connectivity index (χ0v) is 20.4. The van der Waals surface area contributed by atoms with Gasteiger partial charge in [0.2, 0.25) is 0 Å². The number of carbonyl (C=O) groups is 1. The largest absolute Gasteiger partial charge is 0.508 e. The van der Waals surface area contributed by atoms with Gasteiger partial charge in [-0.2, -0.15) is 5.10 Å². The fraction of sp³-hybridized carbons (Fsp3) is 0.480. The van der Waals surface area contributed by atoms with Crippen molar-refractivity contribution in [3.63, 3.8) is 0 Å². The summed E-state index contributed by atoms with van der Waals surface area (Å²) >= 11 is 0. The van der Waals surface area contributed by atoms with Gasteiger partial charge in [-0.25, -0.2) is 9.78 Å². The SMILES string of the molecule is CCNC(=O)N1CC(C)(C)N(Cc2cc(-c3ccc(O)cc3)nc3n[nH]c(C)c23)CC1(C)C. The van der Waals surface area contributed by atoms with Crippen LogP contribution in [0.3, 0.4) is 0 Å². The quantitative estimate of drug-likeness (QED) is 0.557. The minimum absolute atomic E-state index is 0.0122. The number of H-pyrrole nitrogens is 1. The van der Waals surface area contributed by atoms with Gasteiger partial charge in [-0.1, -0.05) is 0 Å². The van der Waals surface area contributed by atoms with Gasteiger partial charge in [-0.3, -0.25) is 10.00 Å². The molecule has 3 heterocycles. The first-order chi connectivity index (χ1) is 15.5. The number of nitrogens with one attached hydrogen (secondary N) is 2. The molecule has 33 heavy (non-hydrogen) atoms. The molecule has 176 valence electrons. The van der Waals surface area contributed by atoms with E-state index in [1.165, 1.54) is 0 Å². The third-order valence-electron chi connectivity index (χ3n) is 6.59. The van der Waals surface area contributed by atoms with Crippen LogP contribution in [-0.2, 0) is 6.54 Å². The number of benzene rings is 1. The van der Waals surface area contributed by atoms with Crippen LogP contribution in [0.4, 0.5) is 4.79 Å². The molecule has 3 aromatic rings. The molecule has 0 unspecified atom stereocenters. The van der Waals surface area contributed by atoms with E-state index in [9.17, 15) is 9.90 Å². The first kappa shape index (κ1) is 23.0. The molecule has 0 atom stereocenters. The van der Waals surface area contributed by atoms with Crippen LogP contribution in [0.2, 0.25) is 0 Å². The summed E-state index contributed by atoms with van der Waals surface area (Å²) in [5.74, 6) is 0.227. The van der Waals surface area contributed by atoms with Crippen LogP contribution in [0.25, 0.3) is 22.3 Å². The van der Waals surface area contributed by atoms with Crippen LogP contribution in [0.5, 0.6) is 5.75 Å². The molecule has 0 saturated carbocycles. The van der Waals surface area contributed by atoms with Crippen molar-refractivity contribution in [2.75, 3.05) is 19.6 Å². The molecule has 1 fully saturated rings. The second-order valence-electron chi connectivity index (χ2n) is 10.2. The van der Waals surface area contributed by atoms with Crippen LogP contribution < -0.4 is 5.32 Å². The Balaban J connectivity index is 1.71. The van der Waals surface area contributed by atoms with Gasteiger partial charge in [-0.05, 0) is 77.4 Å². The Kier molecular flexibility index (Phi) is 5.82. The van der Waals surface area contributed by atoms with Crippen LogP contribution >= 0.6 is 0 Å². The molecule has 2 aromatic heterocycles. The monoisotopic (exact) mass is 450 g/mol. The number of phenols is 1. The van der Waals surface area contributed by atoms with Gasteiger partial charge < -0.3 is 15.3 Å². The first-order valence-corrected chi connectivity index (χ1v) is 11.5. The van der Waals surface area contributed by atoms with E-state index >= 15 is 0 Å². The van der Waals surface area contributed by atoms with Gasteiger partial charge in [0, 0.05) is 48.4 Å². The summed E-state index contributed by atoms with van der Waals surface area (Å²) in [5, 5.41) is 21.2. The molecule has 0 bridgehead atoms. The maximum atomic E-state index is 12.7. The molecule has 0 radical (unpaired) electrons. The topological polar surface area (TPSA) is 97.4 Å². The number of fused-ring (bicyclic) bond motifs is 1. The molecule has 1 aliphatic rings. The number of nitrogens with zero attached hydrogens (tertiary/aromatic N) is 4. The molecule has 0 spiro atoms. The summed E-state index contributed by atoms with van der Waals surface area (Å²) in [6.45, 7) is 15.3. The maximum absolute atomic E-state index is 12.7. The normalized spacial score (nSPS) is 17.9. The number of urea groups is 1. The van der Waals surface area contributed by atoms with Crippen LogP contribution in [0.15, 0.2) is 30.3 Å². The summed E-state index contributed by atoms with van der Waals surface area (Å²) in [6.07, 6.45) is 0. The number of aryl methyl sites for hydroxylation is 1. The highest BCUT2D eigenvalue weighted by atomic mass is 16.3. The molecule has 8 nitrogen and oxygen atoms in total. The highest BCUT2D eigenvalue weighted by molar-refractivity contribution is 5.84. The lowest BCUT2D eigenvalue weighted by molar-refractivity contribution is -0.0370. The minimum atomic E-state index is -0.313. The van der Waals surface area contributed by atoms with E-state index in [0.29, 0.717) is 25.3 Å². The zero-order valence-electron chi connectivity index (χ0n) is 20.4. The number of aromatic amines is 1. The van der Waals surface area contributed by atoms with Crippen molar-refractivity contribution in [1.29, 1.82) is 0 Å². The summed E-state index contributed by atoms with van der Waals surface area (Å²) in [4.78, 5) is 21.9. The Morgan fingerprint density at radius 2 is 1.85 bits per heavy atom. The van der Waals surface area contributed by atoms with Gasteiger partial charge >= 0.3 is 6.03 Å².